The first-order valence-electron chi connectivity index (χ1n) is 10.3. The van der Waals surface area contributed by atoms with Crippen LogP contribution < -0.4 is 14.8 Å². The van der Waals surface area contributed by atoms with E-state index in [0.29, 0.717) is 25.3 Å². The average Bonchev–Trinajstić information content (AvgIpc) is 2.74. The quantitative estimate of drug-likeness (QED) is 0.647. The van der Waals surface area contributed by atoms with Gasteiger partial charge < -0.3 is 19.7 Å². The summed E-state index contributed by atoms with van der Waals surface area (Å²) in [6.45, 7) is 8.49. The van der Waals surface area contributed by atoms with Crippen LogP contribution in [-0.2, 0) is 16.1 Å². The number of rotatable bonds is 10. The van der Waals surface area contributed by atoms with Crippen molar-refractivity contribution < 1.29 is 19.1 Å². The monoisotopic (exact) mass is 412 g/mol. The summed E-state index contributed by atoms with van der Waals surface area (Å²) < 4.78 is 11.0. The van der Waals surface area contributed by atoms with E-state index in [1.807, 2.05) is 70.2 Å². The number of likely N-dealkylation sites (N-methyl/N-ethyl adjacent to an activating group) is 1. The molecular formula is C24H32N2O4. The number of hydrogen-bond donors (Lipinski definition) is 1. The van der Waals surface area contributed by atoms with Crippen LogP contribution in [0.4, 0.5) is 0 Å². The minimum atomic E-state index is -0.567. The Morgan fingerprint density at radius 3 is 2.23 bits per heavy atom. The SMILES string of the molecule is CCNC(=O)[C@H](CC)N(Cc1ccc(OC)cc1)C(=O)COc1ccc(C)c(C)c1. The molecule has 2 aromatic rings. The molecule has 0 aliphatic rings. The molecule has 0 saturated carbocycles. The van der Waals surface area contributed by atoms with E-state index in [2.05, 4.69) is 5.32 Å². The molecule has 6 heteroatoms. The average molecular weight is 413 g/mol. The lowest BCUT2D eigenvalue weighted by Gasteiger charge is -2.30. The van der Waals surface area contributed by atoms with Gasteiger partial charge in [0.25, 0.3) is 5.91 Å². The lowest BCUT2D eigenvalue weighted by molar-refractivity contribution is -0.142. The summed E-state index contributed by atoms with van der Waals surface area (Å²) in [6.07, 6.45) is 0.511. The van der Waals surface area contributed by atoms with Crippen LogP contribution in [0.25, 0.3) is 0 Å². The number of carbonyl (C=O) groups is 2. The van der Waals surface area contributed by atoms with Gasteiger partial charge in [-0.3, -0.25) is 9.59 Å². The lowest BCUT2D eigenvalue weighted by atomic mass is 10.1. The van der Waals surface area contributed by atoms with E-state index < -0.39 is 6.04 Å². The predicted molar refractivity (Wildman–Crippen MR) is 118 cm³/mol. The maximum Gasteiger partial charge on any atom is 0.261 e. The van der Waals surface area contributed by atoms with Crippen molar-refractivity contribution in [3.8, 4) is 11.5 Å². The fourth-order valence-electron chi connectivity index (χ4n) is 3.17. The number of nitrogens with zero attached hydrogens (tertiary/aromatic N) is 1. The van der Waals surface area contributed by atoms with Crippen molar-refractivity contribution in [1.29, 1.82) is 0 Å². The highest BCUT2D eigenvalue weighted by Gasteiger charge is 2.28. The van der Waals surface area contributed by atoms with Crippen LogP contribution in [0.2, 0.25) is 0 Å². The van der Waals surface area contributed by atoms with E-state index >= 15 is 0 Å². The third-order valence-corrected chi connectivity index (χ3v) is 5.09. The number of methoxy groups -OCH3 is 1. The van der Waals surface area contributed by atoms with Crippen molar-refractivity contribution >= 4 is 11.8 Å². The molecule has 0 heterocycles. The first kappa shape index (κ1) is 23.3. The van der Waals surface area contributed by atoms with E-state index in [9.17, 15) is 9.59 Å². The summed E-state index contributed by atoms with van der Waals surface area (Å²) in [7, 11) is 1.61. The van der Waals surface area contributed by atoms with Crippen LogP contribution in [0.15, 0.2) is 42.5 Å². The fourth-order valence-corrected chi connectivity index (χ4v) is 3.17. The van der Waals surface area contributed by atoms with Gasteiger partial charge >= 0.3 is 0 Å². The topological polar surface area (TPSA) is 67.9 Å². The second-order valence-electron chi connectivity index (χ2n) is 7.22. The molecule has 30 heavy (non-hydrogen) atoms. The third kappa shape index (κ3) is 6.24. The predicted octanol–water partition coefficient (Wildman–Crippen LogP) is 3.63. The Morgan fingerprint density at radius 1 is 1.00 bits per heavy atom. The Morgan fingerprint density at radius 2 is 1.67 bits per heavy atom. The zero-order chi connectivity index (χ0) is 22.1. The van der Waals surface area contributed by atoms with E-state index in [0.717, 1.165) is 22.4 Å². The highest BCUT2D eigenvalue weighted by Crippen LogP contribution is 2.19. The van der Waals surface area contributed by atoms with Gasteiger partial charge in [-0.1, -0.05) is 25.1 Å². The van der Waals surface area contributed by atoms with Gasteiger partial charge in [0, 0.05) is 13.1 Å². The summed E-state index contributed by atoms with van der Waals surface area (Å²) in [6, 6.07) is 12.6. The molecule has 0 bridgehead atoms. The summed E-state index contributed by atoms with van der Waals surface area (Å²) in [4.78, 5) is 27.3. The Kier molecular flexibility index (Phi) is 8.71. The molecule has 0 aromatic heterocycles. The zero-order valence-electron chi connectivity index (χ0n) is 18.5. The molecule has 0 spiro atoms. The molecule has 2 amide bonds. The molecule has 0 unspecified atom stereocenters. The highest BCUT2D eigenvalue weighted by molar-refractivity contribution is 5.88. The fraction of sp³-hybridized carbons (Fsp3) is 0.417. The van der Waals surface area contributed by atoms with E-state index in [4.69, 9.17) is 9.47 Å². The zero-order valence-corrected chi connectivity index (χ0v) is 18.5. The number of amides is 2. The number of nitrogens with one attached hydrogen (secondary N) is 1. The normalized spacial score (nSPS) is 11.5. The Labute approximate surface area is 179 Å². The number of ether oxygens (including phenoxy) is 2. The van der Waals surface area contributed by atoms with Gasteiger partial charge in [0.1, 0.15) is 17.5 Å². The molecule has 0 fully saturated rings. The van der Waals surface area contributed by atoms with Crippen LogP contribution in [0, 0.1) is 13.8 Å². The molecular weight excluding hydrogens is 380 g/mol. The van der Waals surface area contributed by atoms with Crippen molar-refractivity contribution in [2.45, 2.75) is 46.7 Å². The number of hydrogen-bond acceptors (Lipinski definition) is 4. The maximum atomic E-state index is 13.1. The van der Waals surface area contributed by atoms with Crippen molar-refractivity contribution in [2.24, 2.45) is 0 Å². The standard InChI is InChI=1S/C24H32N2O4/c1-6-22(24(28)25-7-2)26(15-19-9-12-20(29-5)13-10-19)23(27)16-30-21-11-8-17(3)18(4)14-21/h8-14,22H,6-7,15-16H2,1-5H3,(H,25,28)/t22-/m0/s1. The largest absolute Gasteiger partial charge is 0.497 e. The molecule has 0 aliphatic carbocycles. The Balaban J connectivity index is 2.19. The molecule has 6 nitrogen and oxygen atoms in total. The van der Waals surface area contributed by atoms with E-state index in [1.165, 1.54) is 0 Å². The summed E-state index contributed by atoms with van der Waals surface area (Å²) in [5.41, 5.74) is 3.18. The Hall–Kier alpha value is -3.02. The lowest BCUT2D eigenvalue weighted by Crippen LogP contribution is -2.50. The van der Waals surface area contributed by atoms with Crippen LogP contribution >= 0.6 is 0 Å². The van der Waals surface area contributed by atoms with Crippen molar-refractivity contribution in [3.63, 3.8) is 0 Å². The van der Waals surface area contributed by atoms with Gasteiger partial charge in [0.05, 0.1) is 7.11 Å². The van der Waals surface area contributed by atoms with E-state index in [1.54, 1.807) is 12.0 Å². The number of aryl methyl sites for hydroxylation is 2. The van der Waals surface area contributed by atoms with Gasteiger partial charge in [-0.25, -0.2) is 0 Å². The summed E-state index contributed by atoms with van der Waals surface area (Å²) in [5, 5.41) is 2.83. The second-order valence-corrected chi connectivity index (χ2v) is 7.22. The minimum Gasteiger partial charge on any atom is -0.497 e. The van der Waals surface area contributed by atoms with Crippen molar-refractivity contribution in [3.05, 3.63) is 59.2 Å². The minimum absolute atomic E-state index is 0.130. The van der Waals surface area contributed by atoms with Crippen molar-refractivity contribution in [1.82, 2.24) is 10.2 Å². The molecule has 1 N–H and O–H groups in total. The van der Waals surface area contributed by atoms with Gasteiger partial charge in [-0.2, -0.15) is 0 Å². The molecule has 0 aliphatic heterocycles. The maximum absolute atomic E-state index is 13.1. The van der Waals surface area contributed by atoms with Crippen molar-refractivity contribution in [2.75, 3.05) is 20.3 Å². The smallest absolute Gasteiger partial charge is 0.261 e. The van der Waals surface area contributed by atoms with Gasteiger partial charge in [0.15, 0.2) is 6.61 Å². The van der Waals surface area contributed by atoms with Gasteiger partial charge in [0.2, 0.25) is 5.91 Å². The van der Waals surface area contributed by atoms with E-state index in [-0.39, 0.29) is 18.4 Å². The first-order valence-corrected chi connectivity index (χ1v) is 10.3. The molecule has 1 atom stereocenters. The summed E-state index contributed by atoms with van der Waals surface area (Å²) >= 11 is 0. The van der Waals surface area contributed by atoms with Crippen LogP contribution in [-0.4, -0.2) is 43.0 Å². The van der Waals surface area contributed by atoms with Gasteiger partial charge in [-0.15, -0.1) is 0 Å². The molecule has 0 saturated heterocycles. The molecule has 2 rings (SSSR count). The number of carbonyl (C=O) groups excluding carboxylic acids is 2. The Bertz CT molecular complexity index is 849. The second kappa shape index (κ2) is 11.2. The highest BCUT2D eigenvalue weighted by atomic mass is 16.5. The van der Waals surface area contributed by atoms with Gasteiger partial charge in [-0.05, 0) is 68.1 Å². The van der Waals surface area contributed by atoms with Crippen LogP contribution in [0.1, 0.15) is 37.0 Å². The third-order valence-electron chi connectivity index (χ3n) is 5.09. The summed E-state index contributed by atoms with van der Waals surface area (Å²) in [5.74, 6) is 0.988. The molecule has 0 radical (unpaired) electrons. The number of benzene rings is 2. The first-order chi connectivity index (χ1) is 14.4. The molecule has 2 aromatic carbocycles. The molecule has 162 valence electrons. The van der Waals surface area contributed by atoms with Crippen LogP contribution in [0.3, 0.4) is 0 Å². The van der Waals surface area contributed by atoms with Crippen LogP contribution in [0.5, 0.6) is 11.5 Å².